The van der Waals surface area contributed by atoms with Crippen LogP contribution in [0.5, 0.6) is 0 Å². The van der Waals surface area contributed by atoms with Crippen molar-refractivity contribution in [3.63, 3.8) is 0 Å². The van der Waals surface area contributed by atoms with Crippen molar-refractivity contribution in [2.24, 2.45) is 0 Å². The molecule has 1 amide bonds. The first-order valence-electron chi connectivity index (χ1n) is 14.1. The van der Waals surface area contributed by atoms with Crippen molar-refractivity contribution in [2.75, 3.05) is 19.6 Å². The van der Waals surface area contributed by atoms with E-state index >= 15 is 0 Å². The maximum absolute atomic E-state index is 12.9. The number of ketones is 1. The number of amides is 1. The molecule has 0 spiro atoms. The highest BCUT2D eigenvalue weighted by atomic mass is 35.5. The lowest BCUT2D eigenvalue weighted by Gasteiger charge is -2.26. The highest BCUT2D eigenvalue weighted by molar-refractivity contribution is 7.23. The summed E-state index contributed by atoms with van der Waals surface area (Å²) in [4.78, 5) is 33.0. The molecule has 2 aromatic carbocycles. The molecule has 7 nitrogen and oxygen atoms in total. The standard InChI is InChI=1S/C31H37ClN4O3S/c1-31(2,3)39-30(38)33-19-21-10-12-23(24(32)17-21)25-20-36-26-13-11-22(18-28(26)40-29(36)34-25)27(37)9-5-8-16-35-14-6-4-7-15-35/h10-13,17-18,20H,4-9,14-16,19H2,1-3H3,(H,33,38). The monoisotopic (exact) mass is 580 g/mol. The van der Waals surface area contributed by atoms with Crippen molar-refractivity contribution in [2.45, 2.75) is 71.4 Å². The molecule has 40 heavy (non-hydrogen) atoms. The van der Waals surface area contributed by atoms with Gasteiger partial charge < -0.3 is 15.0 Å². The van der Waals surface area contributed by atoms with E-state index in [1.807, 2.05) is 63.4 Å². The number of nitrogens with one attached hydrogen (secondary N) is 1. The van der Waals surface area contributed by atoms with Gasteiger partial charge in [-0.1, -0.05) is 41.5 Å². The highest BCUT2D eigenvalue weighted by Gasteiger charge is 2.17. The Morgan fingerprint density at radius 1 is 1.07 bits per heavy atom. The van der Waals surface area contributed by atoms with Crippen molar-refractivity contribution < 1.29 is 14.3 Å². The van der Waals surface area contributed by atoms with Gasteiger partial charge in [0.15, 0.2) is 10.7 Å². The number of hydrogen-bond acceptors (Lipinski definition) is 6. The molecule has 9 heteroatoms. The van der Waals surface area contributed by atoms with E-state index < -0.39 is 11.7 Å². The average Bonchev–Trinajstić information content (AvgIpc) is 3.47. The number of hydrogen-bond donors (Lipinski definition) is 1. The zero-order valence-electron chi connectivity index (χ0n) is 23.5. The van der Waals surface area contributed by atoms with E-state index in [1.54, 1.807) is 11.3 Å². The second-order valence-electron chi connectivity index (χ2n) is 11.5. The number of likely N-dealkylation sites (tertiary alicyclic amines) is 1. The third-order valence-corrected chi connectivity index (χ3v) is 8.47. The van der Waals surface area contributed by atoms with Crippen LogP contribution in [0.4, 0.5) is 4.79 Å². The molecule has 0 saturated carbocycles. The van der Waals surface area contributed by atoms with Gasteiger partial charge in [-0.25, -0.2) is 9.78 Å². The molecule has 2 aromatic heterocycles. The average molecular weight is 581 g/mol. The van der Waals surface area contributed by atoms with Gasteiger partial charge in [-0.2, -0.15) is 0 Å². The summed E-state index contributed by atoms with van der Waals surface area (Å²) in [7, 11) is 0. The van der Waals surface area contributed by atoms with Gasteiger partial charge in [0, 0.05) is 30.3 Å². The molecule has 1 aliphatic rings. The van der Waals surface area contributed by atoms with E-state index in [4.69, 9.17) is 21.3 Å². The number of carbonyl (C=O) groups excluding carboxylic acids is 2. The summed E-state index contributed by atoms with van der Waals surface area (Å²) in [6, 6.07) is 11.6. The quantitative estimate of drug-likeness (QED) is 0.162. The molecule has 0 atom stereocenters. The van der Waals surface area contributed by atoms with Gasteiger partial charge in [0.25, 0.3) is 0 Å². The summed E-state index contributed by atoms with van der Waals surface area (Å²) >= 11 is 8.19. The van der Waals surface area contributed by atoms with Crippen molar-refractivity contribution >= 4 is 50.0 Å². The molecule has 212 valence electrons. The molecule has 4 aromatic rings. The Labute approximate surface area is 244 Å². The molecule has 0 radical (unpaired) electrons. The van der Waals surface area contributed by atoms with Crippen LogP contribution < -0.4 is 5.32 Å². The Morgan fingerprint density at radius 2 is 1.88 bits per heavy atom. The number of rotatable bonds is 9. The van der Waals surface area contributed by atoms with Crippen molar-refractivity contribution in [3.8, 4) is 11.3 Å². The molecular formula is C31H37ClN4O3S. The summed E-state index contributed by atoms with van der Waals surface area (Å²) in [5, 5.41) is 3.32. The zero-order valence-corrected chi connectivity index (χ0v) is 25.0. The fourth-order valence-electron chi connectivity index (χ4n) is 5.12. The third-order valence-electron chi connectivity index (χ3n) is 7.14. The number of nitrogens with zero attached hydrogens (tertiary/aromatic N) is 3. The van der Waals surface area contributed by atoms with Gasteiger partial charge in [-0.15, -0.1) is 0 Å². The number of fused-ring (bicyclic) bond motifs is 3. The number of halogens is 1. The van der Waals surface area contributed by atoms with E-state index in [0.29, 0.717) is 18.0 Å². The first kappa shape index (κ1) is 28.6. The maximum atomic E-state index is 12.9. The number of alkyl carbamates (subject to hydrolysis) is 1. The van der Waals surface area contributed by atoms with Crippen LogP contribution in [0, 0.1) is 0 Å². The van der Waals surface area contributed by atoms with E-state index in [1.165, 1.54) is 32.4 Å². The third kappa shape index (κ3) is 7.03. The fourth-order valence-corrected chi connectivity index (χ4v) is 6.46. The Balaban J connectivity index is 1.22. The second-order valence-corrected chi connectivity index (χ2v) is 12.9. The number of imidazole rings is 1. The van der Waals surface area contributed by atoms with Crippen LogP contribution in [-0.4, -0.2) is 51.4 Å². The molecular weight excluding hydrogens is 544 g/mol. The molecule has 0 aliphatic carbocycles. The molecule has 3 heterocycles. The number of Topliss-reactive ketones (excluding diaryl/α,β-unsaturated/α-hetero) is 1. The summed E-state index contributed by atoms with van der Waals surface area (Å²) in [5.74, 6) is 0.209. The molecule has 1 fully saturated rings. The van der Waals surface area contributed by atoms with Crippen LogP contribution in [0.2, 0.25) is 5.02 Å². The highest BCUT2D eigenvalue weighted by Crippen LogP contribution is 2.33. The van der Waals surface area contributed by atoms with Crippen molar-refractivity contribution in [1.82, 2.24) is 19.6 Å². The first-order chi connectivity index (χ1) is 19.2. The lowest BCUT2D eigenvalue weighted by Crippen LogP contribution is -2.32. The normalized spacial score (nSPS) is 14.6. The van der Waals surface area contributed by atoms with Crippen LogP contribution in [0.3, 0.4) is 0 Å². The van der Waals surface area contributed by atoms with Gasteiger partial charge in [0.05, 0.1) is 20.9 Å². The van der Waals surface area contributed by atoms with Gasteiger partial charge in [0.1, 0.15) is 5.60 Å². The Bertz CT molecular complexity index is 1510. The van der Waals surface area contributed by atoms with E-state index in [2.05, 4.69) is 14.6 Å². The largest absolute Gasteiger partial charge is 0.444 e. The topological polar surface area (TPSA) is 75.9 Å². The zero-order chi connectivity index (χ0) is 28.3. The van der Waals surface area contributed by atoms with Gasteiger partial charge in [0.2, 0.25) is 0 Å². The maximum Gasteiger partial charge on any atom is 0.407 e. The number of thiazole rings is 1. The van der Waals surface area contributed by atoms with E-state index in [0.717, 1.165) is 56.9 Å². The molecule has 1 saturated heterocycles. The van der Waals surface area contributed by atoms with Gasteiger partial charge in [-0.05, 0) is 95.9 Å². The van der Waals surface area contributed by atoms with Crippen molar-refractivity contribution in [1.29, 1.82) is 0 Å². The lowest BCUT2D eigenvalue weighted by molar-refractivity contribution is 0.0523. The number of ether oxygens (including phenoxy) is 1. The Hall–Kier alpha value is -2.94. The van der Waals surface area contributed by atoms with Crippen LogP contribution in [0.15, 0.2) is 42.6 Å². The number of aromatic nitrogens is 2. The van der Waals surface area contributed by atoms with Crippen LogP contribution in [0.25, 0.3) is 26.4 Å². The number of piperidine rings is 1. The minimum Gasteiger partial charge on any atom is -0.444 e. The van der Waals surface area contributed by atoms with Gasteiger partial charge in [-0.3, -0.25) is 9.20 Å². The Morgan fingerprint density at radius 3 is 2.62 bits per heavy atom. The van der Waals surface area contributed by atoms with Gasteiger partial charge >= 0.3 is 6.09 Å². The van der Waals surface area contributed by atoms with Crippen molar-refractivity contribution in [3.05, 3.63) is 58.7 Å². The molecule has 1 aliphatic heterocycles. The number of unbranched alkanes of at least 4 members (excludes halogenated alkanes) is 1. The number of benzene rings is 2. The second kappa shape index (κ2) is 12.3. The summed E-state index contributed by atoms with van der Waals surface area (Å²) < 4.78 is 8.39. The smallest absolute Gasteiger partial charge is 0.407 e. The predicted octanol–water partition coefficient (Wildman–Crippen LogP) is 7.73. The summed E-state index contributed by atoms with van der Waals surface area (Å²) in [6.07, 6.45) is 8.08. The Kier molecular flexibility index (Phi) is 8.78. The van der Waals surface area contributed by atoms with E-state index in [-0.39, 0.29) is 5.78 Å². The summed E-state index contributed by atoms with van der Waals surface area (Å²) in [6.45, 7) is 9.32. The summed E-state index contributed by atoms with van der Waals surface area (Å²) in [5.41, 5.74) is 3.72. The van der Waals surface area contributed by atoms with Crippen LogP contribution in [0.1, 0.15) is 75.2 Å². The fraction of sp³-hybridized carbons (Fsp3) is 0.452. The number of carbonyl (C=O) groups is 2. The minimum absolute atomic E-state index is 0.209. The molecule has 0 unspecified atom stereocenters. The molecule has 0 bridgehead atoms. The predicted molar refractivity (Wildman–Crippen MR) is 163 cm³/mol. The van der Waals surface area contributed by atoms with Crippen LogP contribution in [-0.2, 0) is 11.3 Å². The first-order valence-corrected chi connectivity index (χ1v) is 15.3. The van der Waals surface area contributed by atoms with Crippen LogP contribution >= 0.6 is 22.9 Å². The minimum atomic E-state index is -0.548. The van der Waals surface area contributed by atoms with E-state index in [9.17, 15) is 9.59 Å². The lowest BCUT2D eigenvalue weighted by atomic mass is 10.0. The SMILES string of the molecule is CC(C)(C)OC(=O)NCc1ccc(-c2cn3c(n2)sc2cc(C(=O)CCCCN4CCCCC4)ccc23)c(Cl)c1. The molecule has 5 rings (SSSR count). The molecule has 1 N–H and O–H groups in total.